The van der Waals surface area contributed by atoms with E-state index in [-0.39, 0.29) is 30.9 Å². The minimum absolute atomic E-state index is 0.148. The lowest BCUT2D eigenvalue weighted by atomic mass is 10.0. The number of piperazine rings is 1. The van der Waals surface area contributed by atoms with Gasteiger partial charge < -0.3 is 24.5 Å². The Morgan fingerprint density at radius 3 is 2.82 bits per heavy atom. The predicted molar refractivity (Wildman–Crippen MR) is 175 cm³/mol. The summed E-state index contributed by atoms with van der Waals surface area (Å²) in [5, 5.41) is 21.5. The summed E-state index contributed by atoms with van der Waals surface area (Å²) < 4.78 is 6.38. The van der Waals surface area contributed by atoms with Crippen LogP contribution in [0.1, 0.15) is 37.4 Å². The van der Waals surface area contributed by atoms with Crippen LogP contribution in [0.5, 0.6) is 6.01 Å². The van der Waals surface area contributed by atoms with Crippen molar-refractivity contribution >= 4 is 28.2 Å². The molecule has 10 nitrogen and oxygen atoms in total. The second kappa shape index (κ2) is 13.8. The van der Waals surface area contributed by atoms with Crippen molar-refractivity contribution < 1.29 is 14.6 Å². The fourth-order valence-electron chi connectivity index (χ4n) is 7.36. The maximum Gasteiger partial charge on any atom is 0.318 e. The van der Waals surface area contributed by atoms with E-state index in [9.17, 15) is 15.2 Å². The number of anilines is 2. The Morgan fingerprint density at radius 1 is 1.16 bits per heavy atom. The number of β-amino-alcohol motifs (C(OH)–C–C–N with tert-alkyl or cyclic N) is 1. The maximum absolute atomic E-state index is 12.6. The van der Waals surface area contributed by atoms with E-state index in [2.05, 4.69) is 76.7 Å². The van der Waals surface area contributed by atoms with Gasteiger partial charge in [0, 0.05) is 61.3 Å². The van der Waals surface area contributed by atoms with Crippen LogP contribution in [-0.4, -0.2) is 95.3 Å². The van der Waals surface area contributed by atoms with Gasteiger partial charge in [0.1, 0.15) is 5.82 Å². The van der Waals surface area contributed by atoms with Crippen LogP contribution in [0.15, 0.2) is 55.1 Å². The van der Waals surface area contributed by atoms with Crippen molar-refractivity contribution in [2.45, 2.75) is 51.2 Å². The molecule has 0 aliphatic carbocycles. The van der Waals surface area contributed by atoms with Crippen molar-refractivity contribution in [3.05, 3.63) is 66.4 Å². The second-order valence-corrected chi connectivity index (χ2v) is 12.4. The SMILES string of the molecule is C=CC(=O)N1CCN(c2nc(OCC(C)C3CCCN3CCO)nc3c2CCN(c2cccc4ccccc24)C3)CC1CC#N. The van der Waals surface area contributed by atoms with Crippen molar-refractivity contribution in [3.63, 3.8) is 0 Å². The number of aliphatic hydroxyl groups excluding tert-OH is 1. The topological polar surface area (TPSA) is 109 Å². The molecule has 1 N–H and O–H groups in total. The molecule has 1 amide bonds. The van der Waals surface area contributed by atoms with Crippen LogP contribution in [0.3, 0.4) is 0 Å². The summed E-state index contributed by atoms with van der Waals surface area (Å²) in [6.07, 6.45) is 4.56. The monoisotopic (exact) mass is 609 g/mol. The van der Waals surface area contributed by atoms with E-state index in [1.54, 1.807) is 4.90 Å². The Balaban J connectivity index is 1.30. The van der Waals surface area contributed by atoms with Crippen LogP contribution >= 0.6 is 0 Å². The summed E-state index contributed by atoms with van der Waals surface area (Å²) in [4.78, 5) is 31.3. The Morgan fingerprint density at radius 2 is 2.00 bits per heavy atom. The molecule has 10 heteroatoms. The smallest absolute Gasteiger partial charge is 0.318 e. The first kappa shape index (κ1) is 30.8. The maximum atomic E-state index is 12.6. The normalized spacial score (nSPS) is 21.0. The third kappa shape index (κ3) is 6.46. The molecule has 1 aromatic heterocycles. The average Bonchev–Trinajstić information content (AvgIpc) is 3.54. The van der Waals surface area contributed by atoms with Gasteiger partial charge in [0.2, 0.25) is 5.91 Å². The highest BCUT2D eigenvalue weighted by Gasteiger charge is 2.34. The largest absolute Gasteiger partial charge is 0.463 e. The molecule has 0 bridgehead atoms. The molecule has 3 aromatic rings. The number of ether oxygens (including phenoxy) is 1. The molecule has 3 atom stereocenters. The number of nitriles is 1. The molecule has 0 radical (unpaired) electrons. The van der Waals surface area contributed by atoms with Crippen LogP contribution in [0.4, 0.5) is 11.5 Å². The zero-order valence-electron chi connectivity index (χ0n) is 26.1. The van der Waals surface area contributed by atoms with Crippen molar-refractivity contribution in [1.29, 1.82) is 5.26 Å². The molecule has 2 saturated heterocycles. The Kier molecular flexibility index (Phi) is 9.47. The van der Waals surface area contributed by atoms with E-state index in [4.69, 9.17) is 14.7 Å². The van der Waals surface area contributed by atoms with Crippen LogP contribution in [0, 0.1) is 17.2 Å². The van der Waals surface area contributed by atoms with Crippen LogP contribution in [0.2, 0.25) is 0 Å². The van der Waals surface area contributed by atoms with Crippen molar-refractivity contribution in [2.75, 3.05) is 62.3 Å². The molecule has 2 fully saturated rings. The van der Waals surface area contributed by atoms with E-state index < -0.39 is 0 Å². The number of amides is 1. The standard InChI is InChI=1S/C35H43N7O3/c1-3-33(44)42-19-18-41(22-27(42)13-15-36)34-29-14-17-40(32-11-6-9-26-8-4-5-10-28(26)32)23-30(29)37-35(38-34)45-24-25(2)31-12-7-16-39(31)20-21-43/h3-6,8-11,25,27,31,43H,1,7,12-14,16-24H2,2H3. The lowest BCUT2D eigenvalue weighted by Crippen LogP contribution is -2.55. The Hall–Kier alpha value is -4.20. The zero-order chi connectivity index (χ0) is 31.3. The minimum Gasteiger partial charge on any atom is -0.463 e. The van der Waals surface area contributed by atoms with Gasteiger partial charge in [-0.05, 0) is 43.3 Å². The van der Waals surface area contributed by atoms with Crippen LogP contribution in [-0.2, 0) is 17.8 Å². The highest BCUT2D eigenvalue weighted by molar-refractivity contribution is 5.94. The molecular formula is C35H43N7O3. The summed E-state index contributed by atoms with van der Waals surface area (Å²) in [7, 11) is 0. The van der Waals surface area contributed by atoms with Gasteiger partial charge in [0.25, 0.3) is 0 Å². The molecule has 0 spiro atoms. The van der Waals surface area contributed by atoms with Gasteiger partial charge in [-0.2, -0.15) is 15.2 Å². The lowest BCUT2D eigenvalue weighted by molar-refractivity contribution is -0.128. The fraction of sp³-hybridized carbons (Fsp3) is 0.486. The van der Waals surface area contributed by atoms with Crippen molar-refractivity contribution in [3.8, 4) is 12.1 Å². The van der Waals surface area contributed by atoms with Gasteiger partial charge in [0.15, 0.2) is 0 Å². The first-order valence-electron chi connectivity index (χ1n) is 16.2. The lowest BCUT2D eigenvalue weighted by Gasteiger charge is -2.42. The number of hydrogen-bond donors (Lipinski definition) is 1. The quantitative estimate of drug-likeness (QED) is 0.344. The molecule has 2 aromatic carbocycles. The summed E-state index contributed by atoms with van der Waals surface area (Å²) in [6.45, 7) is 11.3. The van der Waals surface area contributed by atoms with E-state index >= 15 is 0 Å². The van der Waals surface area contributed by atoms with Gasteiger partial charge in [-0.3, -0.25) is 9.69 Å². The van der Waals surface area contributed by atoms with Gasteiger partial charge in [-0.25, -0.2) is 0 Å². The molecule has 6 rings (SSSR count). The molecule has 3 aliphatic heterocycles. The predicted octanol–water partition coefficient (Wildman–Crippen LogP) is 3.78. The summed E-state index contributed by atoms with van der Waals surface area (Å²) in [5.41, 5.74) is 3.24. The Bertz CT molecular complexity index is 1570. The van der Waals surface area contributed by atoms with Crippen molar-refractivity contribution in [2.24, 2.45) is 5.92 Å². The third-order valence-corrected chi connectivity index (χ3v) is 9.63. The van der Waals surface area contributed by atoms with E-state index in [1.807, 2.05) is 0 Å². The first-order valence-corrected chi connectivity index (χ1v) is 16.2. The summed E-state index contributed by atoms with van der Waals surface area (Å²) in [6, 6.07) is 17.6. The number of aromatic nitrogens is 2. The van der Waals surface area contributed by atoms with Gasteiger partial charge in [-0.1, -0.05) is 49.9 Å². The number of nitrogens with zero attached hydrogens (tertiary/aromatic N) is 7. The summed E-state index contributed by atoms with van der Waals surface area (Å²) in [5.74, 6) is 0.949. The van der Waals surface area contributed by atoms with Gasteiger partial charge in [0.05, 0.1) is 44.0 Å². The number of carbonyl (C=O) groups excluding carboxylic acids is 1. The molecule has 3 unspecified atom stereocenters. The number of benzene rings is 2. The van der Waals surface area contributed by atoms with Crippen LogP contribution < -0.4 is 14.5 Å². The van der Waals surface area contributed by atoms with E-state index in [0.717, 1.165) is 49.4 Å². The van der Waals surface area contributed by atoms with Gasteiger partial charge in [-0.15, -0.1) is 0 Å². The molecule has 236 valence electrons. The highest BCUT2D eigenvalue weighted by atomic mass is 16.5. The molecule has 4 heterocycles. The van der Waals surface area contributed by atoms with E-state index in [0.29, 0.717) is 51.4 Å². The fourth-order valence-corrected chi connectivity index (χ4v) is 7.36. The molecule has 3 aliphatic rings. The molecular weight excluding hydrogens is 566 g/mol. The Labute approximate surface area is 265 Å². The highest BCUT2D eigenvalue weighted by Crippen LogP contribution is 2.35. The number of aliphatic hydroxyl groups is 1. The third-order valence-electron chi connectivity index (χ3n) is 9.63. The van der Waals surface area contributed by atoms with Crippen LogP contribution in [0.25, 0.3) is 10.8 Å². The average molecular weight is 610 g/mol. The number of fused-ring (bicyclic) bond motifs is 2. The minimum atomic E-state index is -0.250. The molecule has 45 heavy (non-hydrogen) atoms. The zero-order valence-corrected chi connectivity index (χ0v) is 26.1. The van der Waals surface area contributed by atoms with Gasteiger partial charge >= 0.3 is 6.01 Å². The first-order chi connectivity index (χ1) is 22.0. The second-order valence-electron chi connectivity index (χ2n) is 12.4. The molecule has 0 saturated carbocycles. The number of hydrogen-bond acceptors (Lipinski definition) is 9. The van der Waals surface area contributed by atoms with Crippen molar-refractivity contribution in [1.82, 2.24) is 19.8 Å². The number of likely N-dealkylation sites (tertiary alicyclic amines) is 1. The number of rotatable bonds is 10. The van der Waals surface area contributed by atoms with E-state index in [1.165, 1.54) is 22.5 Å². The number of carbonyl (C=O) groups is 1. The summed E-state index contributed by atoms with van der Waals surface area (Å²) >= 11 is 0.